The van der Waals surface area contributed by atoms with E-state index in [0.29, 0.717) is 22.3 Å². The van der Waals surface area contributed by atoms with Crippen molar-refractivity contribution in [2.24, 2.45) is 0 Å². The molecule has 2 aromatic heterocycles. The number of imidazole rings is 1. The number of rotatable bonds is 7. The molecule has 0 aliphatic rings. The summed E-state index contributed by atoms with van der Waals surface area (Å²) in [6.45, 7) is 1.20. The normalized spacial score (nSPS) is 12.1. The maximum atomic E-state index is 12.7. The van der Waals surface area contributed by atoms with E-state index in [1.165, 1.54) is 12.4 Å². The first-order valence-electron chi connectivity index (χ1n) is 8.71. The predicted octanol–water partition coefficient (Wildman–Crippen LogP) is 4.00. The molecule has 9 heteroatoms. The van der Waals surface area contributed by atoms with E-state index in [2.05, 4.69) is 4.98 Å². The molecule has 0 saturated heterocycles. The zero-order valence-electron chi connectivity index (χ0n) is 15.5. The molecule has 150 valence electrons. The molecule has 6 nitrogen and oxygen atoms in total. The molecule has 3 aromatic rings. The lowest BCUT2D eigenvalue weighted by atomic mass is 10.1. The lowest BCUT2D eigenvalue weighted by Gasteiger charge is -2.17. The smallest absolute Gasteiger partial charge is 0.406 e. The lowest BCUT2D eigenvalue weighted by Crippen LogP contribution is -2.24. The minimum Gasteiger partial charge on any atom is -0.462 e. The second-order valence-electron chi connectivity index (χ2n) is 6.38. The van der Waals surface area contributed by atoms with Gasteiger partial charge in [-0.15, -0.1) is 0 Å². The molecular formula is C19H20F3N3O3. The predicted molar refractivity (Wildman–Crippen MR) is 95.6 cm³/mol. The molecule has 0 radical (unpaired) electrons. The molecule has 0 amide bonds. The molecule has 3 rings (SSSR count). The summed E-state index contributed by atoms with van der Waals surface area (Å²) in [6, 6.07) is 7.10. The van der Waals surface area contributed by atoms with E-state index in [-0.39, 0.29) is 25.5 Å². The van der Waals surface area contributed by atoms with Crippen LogP contribution in [0.3, 0.4) is 0 Å². The van der Waals surface area contributed by atoms with Crippen molar-refractivity contribution in [3.05, 3.63) is 53.8 Å². The zero-order chi connectivity index (χ0) is 20.3. The van der Waals surface area contributed by atoms with E-state index in [1.807, 2.05) is 0 Å². The minimum atomic E-state index is -4.33. The van der Waals surface area contributed by atoms with Crippen LogP contribution in [-0.4, -0.2) is 40.3 Å². The van der Waals surface area contributed by atoms with Crippen LogP contribution in [-0.2, 0) is 24.4 Å². The summed E-state index contributed by atoms with van der Waals surface area (Å²) in [5.41, 5.74) is 0.885. The number of alkyl halides is 3. The maximum Gasteiger partial charge on any atom is 0.406 e. The number of benzene rings is 1. The van der Waals surface area contributed by atoms with E-state index in [4.69, 9.17) is 9.15 Å². The first-order valence-corrected chi connectivity index (χ1v) is 8.71. The highest BCUT2D eigenvalue weighted by Gasteiger charge is 2.29. The number of carbonyl (C=O) groups is 1. The summed E-state index contributed by atoms with van der Waals surface area (Å²) in [5, 5.41) is 0.642. The Morgan fingerprint density at radius 1 is 1.29 bits per heavy atom. The second-order valence-corrected chi connectivity index (χ2v) is 6.38. The van der Waals surface area contributed by atoms with Crippen LogP contribution in [0.25, 0.3) is 11.0 Å². The maximum absolute atomic E-state index is 12.7. The number of ether oxygens (including phenoxy) is 1. The number of nitrogens with zero attached hydrogens (tertiary/aromatic N) is 3. The molecular weight excluding hydrogens is 375 g/mol. The molecule has 0 bridgehead atoms. The van der Waals surface area contributed by atoms with E-state index < -0.39 is 18.7 Å². The third-order valence-corrected chi connectivity index (χ3v) is 4.12. The molecule has 28 heavy (non-hydrogen) atoms. The Kier molecular flexibility index (Phi) is 5.73. The van der Waals surface area contributed by atoms with E-state index in [1.54, 1.807) is 43.1 Å². The highest BCUT2D eigenvalue weighted by molar-refractivity contribution is 6.04. The monoisotopic (exact) mass is 395 g/mol. The van der Waals surface area contributed by atoms with Gasteiger partial charge in [0.2, 0.25) is 0 Å². The topological polar surface area (TPSA) is 60.5 Å². The molecule has 1 aromatic carbocycles. The van der Waals surface area contributed by atoms with Crippen molar-refractivity contribution in [3.63, 3.8) is 0 Å². The molecule has 0 saturated carbocycles. The fourth-order valence-corrected chi connectivity index (χ4v) is 3.01. The summed E-state index contributed by atoms with van der Waals surface area (Å²) in [6.07, 6.45) is -1.70. The number of aromatic nitrogens is 2. The highest BCUT2D eigenvalue weighted by Crippen LogP contribution is 2.28. The first-order chi connectivity index (χ1) is 13.3. The van der Waals surface area contributed by atoms with Crippen LogP contribution in [0.5, 0.6) is 0 Å². The second kappa shape index (κ2) is 8.05. The number of fused-ring (bicyclic) bond motifs is 1. The van der Waals surface area contributed by atoms with Gasteiger partial charge in [-0.05, 0) is 20.0 Å². The Morgan fingerprint density at radius 3 is 2.75 bits per heavy atom. The van der Waals surface area contributed by atoms with Gasteiger partial charge in [0.15, 0.2) is 0 Å². The molecule has 0 fully saturated rings. The van der Waals surface area contributed by atoms with Crippen molar-refractivity contribution < 1.29 is 27.1 Å². The van der Waals surface area contributed by atoms with E-state index in [9.17, 15) is 18.0 Å². The Labute approximate surface area is 159 Å². The highest BCUT2D eigenvalue weighted by atomic mass is 19.4. The summed E-state index contributed by atoms with van der Waals surface area (Å²) >= 11 is 0. The molecule has 0 atom stereocenters. The average Bonchev–Trinajstić information content (AvgIpc) is 3.17. The van der Waals surface area contributed by atoms with Crippen molar-refractivity contribution >= 4 is 16.9 Å². The van der Waals surface area contributed by atoms with Crippen molar-refractivity contribution in [1.29, 1.82) is 0 Å². The van der Waals surface area contributed by atoms with Crippen LogP contribution >= 0.6 is 0 Å². The van der Waals surface area contributed by atoms with Gasteiger partial charge >= 0.3 is 12.1 Å². The summed E-state index contributed by atoms with van der Waals surface area (Å²) in [5.74, 6) is 0.180. The third kappa shape index (κ3) is 4.53. The fraction of sp³-hybridized carbons (Fsp3) is 0.368. The molecule has 0 N–H and O–H groups in total. The number of esters is 1. The van der Waals surface area contributed by atoms with Gasteiger partial charge in [0.05, 0.1) is 19.7 Å². The Morgan fingerprint density at radius 2 is 2.04 bits per heavy atom. The van der Waals surface area contributed by atoms with Crippen molar-refractivity contribution in [1.82, 2.24) is 14.5 Å². The summed E-state index contributed by atoms with van der Waals surface area (Å²) in [7, 11) is 1.72. The molecule has 2 heterocycles. The van der Waals surface area contributed by atoms with Gasteiger partial charge in [0.1, 0.15) is 29.3 Å². The van der Waals surface area contributed by atoms with Crippen LogP contribution in [0.1, 0.15) is 28.9 Å². The van der Waals surface area contributed by atoms with E-state index >= 15 is 0 Å². The summed E-state index contributed by atoms with van der Waals surface area (Å²) in [4.78, 5) is 18.2. The van der Waals surface area contributed by atoms with Crippen molar-refractivity contribution in [2.75, 3.05) is 13.7 Å². The molecule has 0 spiro atoms. The van der Waals surface area contributed by atoms with Crippen LogP contribution < -0.4 is 0 Å². The van der Waals surface area contributed by atoms with Crippen LogP contribution in [0.15, 0.2) is 41.1 Å². The average molecular weight is 395 g/mol. The van der Waals surface area contributed by atoms with Gasteiger partial charge in [-0.3, -0.25) is 4.90 Å². The van der Waals surface area contributed by atoms with Crippen molar-refractivity contribution in [2.45, 2.75) is 32.7 Å². The number of furan rings is 1. The number of hydrogen-bond donors (Lipinski definition) is 0. The summed E-state index contributed by atoms with van der Waals surface area (Å²) < 4.78 is 50.1. The zero-order valence-corrected chi connectivity index (χ0v) is 15.5. The largest absolute Gasteiger partial charge is 0.462 e. The quantitative estimate of drug-likeness (QED) is 0.566. The number of halogens is 3. The van der Waals surface area contributed by atoms with Gasteiger partial charge in [-0.25, -0.2) is 9.78 Å². The lowest BCUT2D eigenvalue weighted by molar-refractivity contribution is -0.141. The third-order valence-electron chi connectivity index (χ3n) is 4.12. The molecule has 0 aliphatic heterocycles. The number of carbonyl (C=O) groups excluding carboxylic acids is 1. The first kappa shape index (κ1) is 19.9. The Bertz CT molecular complexity index is 962. The van der Waals surface area contributed by atoms with Gasteiger partial charge in [-0.2, -0.15) is 13.2 Å². The van der Waals surface area contributed by atoms with Gasteiger partial charge in [0.25, 0.3) is 0 Å². The van der Waals surface area contributed by atoms with Gasteiger partial charge in [-0.1, -0.05) is 18.2 Å². The standard InChI is InChI=1S/C19H20F3N3O3/c1-3-27-18(26)17-13-6-4-5-7-14(13)28-15(17)10-24(2)11-16-23-8-9-25(16)12-19(20,21)22/h4-9H,3,10-12H2,1-2H3. The van der Waals surface area contributed by atoms with Gasteiger partial charge < -0.3 is 13.7 Å². The van der Waals surface area contributed by atoms with Crippen LogP contribution in [0, 0.1) is 0 Å². The van der Waals surface area contributed by atoms with E-state index in [0.717, 1.165) is 4.57 Å². The Balaban J connectivity index is 1.82. The van der Waals surface area contributed by atoms with Crippen LogP contribution in [0.4, 0.5) is 13.2 Å². The van der Waals surface area contributed by atoms with Crippen LogP contribution in [0.2, 0.25) is 0 Å². The number of para-hydroxylation sites is 1. The minimum absolute atomic E-state index is 0.155. The molecule has 0 aliphatic carbocycles. The van der Waals surface area contributed by atoms with Crippen molar-refractivity contribution in [3.8, 4) is 0 Å². The SMILES string of the molecule is CCOC(=O)c1c(CN(C)Cc2nccn2CC(F)(F)F)oc2ccccc12. The fourth-order valence-electron chi connectivity index (χ4n) is 3.01. The van der Waals surface area contributed by atoms with Gasteiger partial charge in [0, 0.05) is 17.8 Å². The number of hydrogen-bond acceptors (Lipinski definition) is 5. The molecule has 0 unspecified atom stereocenters. The Hall–Kier alpha value is -2.81.